The summed E-state index contributed by atoms with van der Waals surface area (Å²) in [5.41, 5.74) is 11.0. The molecular weight excluding hydrogens is 745 g/mol. The van der Waals surface area contributed by atoms with E-state index in [0.29, 0.717) is 0 Å². The molecule has 294 valence electrons. The molecule has 1 heterocycles. The van der Waals surface area contributed by atoms with E-state index in [9.17, 15) is 0 Å². The van der Waals surface area contributed by atoms with Crippen LogP contribution >= 0.6 is 0 Å². The van der Waals surface area contributed by atoms with Crippen LogP contribution in [0.5, 0.6) is 23.0 Å². The van der Waals surface area contributed by atoms with Gasteiger partial charge >= 0.3 is 0 Å². The van der Waals surface area contributed by atoms with Crippen molar-refractivity contribution in [1.82, 2.24) is 9.80 Å². The number of benzene rings is 8. The third kappa shape index (κ3) is 7.04. The number of methoxy groups -OCH3 is 4. The Morgan fingerprint density at radius 2 is 0.583 bits per heavy atom. The maximum atomic E-state index is 6.04. The van der Waals surface area contributed by atoms with Crippen LogP contribution in [-0.4, -0.2) is 28.4 Å². The fourth-order valence-electron chi connectivity index (χ4n) is 8.05. The van der Waals surface area contributed by atoms with Crippen molar-refractivity contribution in [3.05, 3.63) is 194 Å². The Bertz CT molecular complexity index is 2330. The molecule has 0 aromatic heterocycles. The normalized spacial score (nSPS) is 12.8. The molecule has 0 unspecified atom stereocenters. The van der Waals surface area contributed by atoms with Gasteiger partial charge in [0.25, 0.3) is 0 Å². The zero-order valence-corrected chi connectivity index (χ0v) is 33.9. The number of hydrogen-bond donors (Lipinski definition) is 0. The zero-order valence-electron chi connectivity index (χ0n) is 33.9. The second-order valence-corrected chi connectivity index (χ2v) is 14.1. The summed E-state index contributed by atoms with van der Waals surface area (Å²) in [6.07, 6.45) is 0. The fourth-order valence-corrected chi connectivity index (χ4v) is 8.05. The third-order valence-electron chi connectivity index (χ3n) is 10.7. The highest BCUT2D eigenvalue weighted by atomic mass is 16.5. The molecule has 8 nitrogen and oxygen atoms in total. The van der Waals surface area contributed by atoms with Crippen molar-refractivity contribution in [3.63, 3.8) is 0 Å². The summed E-state index contributed by atoms with van der Waals surface area (Å²) >= 11 is 0. The van der Waals surface area contributed by atoms with Gasteiger partial charge in [0, 0.05) is 60.7 Å². The van der Waals surface area contributed by atoms with Gasteiger partial charge < -0.3 is 28.7 Å². The van der Waals surface area contributed by atoms with Crippen molar-refractivity contribution in [2.24, 2.45) is 0 Å². The van der Waals surface area contributed by atoms with E-state index in [4.69, 9.17) is 18.9 Å². The predicted octanol–water partition coefficient (Wildman–Crippen LogP) is 13.8. The van der Waals surface area contributed by atoms with Gasteiger partial charge in [0.15, 0.2) is 34.2 Å². The number of nitrogens with zero attached hydrogens (tertiary/aromatic N) is 4. The molecule has 0 aliphatic carbocycles. The second kappa shape index (κ2) is 16.8. The zero-order chi connectivity index (χ0) is 41.0. The van der Waals surface area contributed by atoms with E-state index in [1.54, 1.807) is 28.4 Å². The number of para-hydroxylation sites is 8. The van der Waals surface area contributed by atoms with E-state index in [0.717, 1.165) is 91.2 Å². The molecule has 0 spiro atoms. The van der Waals surface area contributed by atoms with Gasteiger partial charge in [-0.25, -0.2) is 0 Å². The van der Waals surface area contributed by atoms with E-state index < -0.39 is 0 Å². The van der Waals surface area contributed by atoms with Gasteiger partial charge in [-0.15, -0.1) is 0 Å². The average Bonchev–Trinajstić information content (AvgIpc) is 3.30. The molecule has 0 saturated carbocycles. The minimum absolute atomic E-state index is 0.739. The lowest BCUT2D eigenvalue weighted by atomic mass is 10.1. The summed E-state index contributed by atoms with van der Waals surface area (Å²) in [4.78, 5) is 8.98. The first-order valence-electron chi connectivity index (χ1n) is 19.7. The van der Waals surface area contributed by atoms with Gasteiger partial charge in [0.05, 0.1) is 62.6 Å². The Kier molecular flexibility index (Phi) is 10.6. The maximum absolute atomic E-state index is 6.04. The monoisotopic (exact) mass is 788 g/mol. The highest BCUT2D eigenvalue weighted by molar-refractivity contribution is 5.87. The highest BCUT2D eigenvalue weighted by Crippen LogP contribution is 2.49. The standard InChI is InChI=1S/C52H44N4O4/c1-57-49-29-9-5-25-45(49)53-37-17-13-19-39(33-37)54(46-26-6-10-30-50(46)58-2)41-21-15-23-43(35-41)56(48-28-8-12-32-52(48)60-4)44-24-16-22-42(36-44)55(40-20-14-18-38(53)34-40)47-27-7-11-31-51(47)59-3/h5-36H,1-4H3/q+2. The van der Waals surface area contributed by atoms with Crippen LogP contribution in [-0.2, 0) is 0 Å². The Labute approximate surface area is 351 Å². The van der Waals surface area contributed by atoms with Crippen molar-refractivity contribution in [1.29, 1.82) is 0 Å². The van der Waals surface area contributed by atoms with Gasteiger partial charge in [0.1, 0.15) is 11.5 Å². The molecule has 9 rings (SSSR count). The molecular formula is C52H44N4O4+2. The van der Waals surface area contributed by atoms with E-state index in [2.05, 4.69) is 141 Å². The van der Waals surface area contributed by atoms with Crippen LogP contribution < -0.4 is 38.5 Å². The number of hydrogen-bond acceptors (Lipinski definition) is 8. The van der Waals surface area contributed by atoms with Crippen LogP contribution in [0.25, 0.3) is 0 Å². The molecule has 8 aromatic rings. The van der Waals surface area contributed by atoms with Crippen LogP contribution in [0.3, 0.4) is 0 Å². The summed E-state index contributed by atoms with van der Waals surface area (Å²) in [5, 5.41) is 0. The summed E-state index contributed by atoms with van der Waals surface area (Å²) in [7, 11) is 6.85. The van der Waals surface area contributed by atoms with Gasteiger partial charge in [-0.2, -0.15) is 0 Å². The Balaban J connectivity index is 1.40. The van der Waals surface area contributed by atoms with E-state index in [1.807, 2.05) is 72.8 Å². The number of ether oxygens (including phenoxy) is 4. The molecule has 0 atom stereocenters. The summed E-state index contributed by atoms with van der Waals surface area (Å²) in [6.45, 7) is 0. The van der Waals surface area contributed by atoms with Crippen molar-refractivity contribution >= 4 is 68.2 Å². The van der Waals surface area contributed by atoms with Crippen LogP contribution in [0, 0.1) is 0 Å². The first kappa shape index (κ1) is 38.0. The highest BCUT2D eigenvalue weighted by Gasteiger charge is 2.35. The quantitative estimate of drug-likeness (QED) is 0.143. The van der Waals surface area contributed by atoms with E-state index in [-0.39, 0.29) is 0 Å². The molecule has 0 N–H and O–H groups in total. The predicted molar refractivity (Wildman–Crippen MR) is 244 cm³/mol. The minimum Gasteiger partial charge on any atom is -0.495 e. The van der Waals surface area contributed by atoms with Gasteiger partial charge in [-0.1, -0.05) is 82.6 Å². The summed E-state index contributed by atoms with van der Waals surface area (Å²) < 4.78 is 24.1. The maximum Gasteiger partial charge on any atom is 0.234 e. The Hall–Kier alpha value is -7.52. The van der Waals surface area contributed by atoms with Gasteiger partial charge in [-0.3, -0.25) is 0 Å². The average molecular weight is 789 g/mol. The third-order valence-corrected chi connectivity index (χ3v) is 10.7. The molecule has 1 aliphatic heterocycles. The van der Waals surface area contributed by atoms with Crippen molar-refractivity contribution in [2.75, 3.05) is 38.2 Å². The largest absolute Gasteiger partial charge is 0.495 e. The van der Waals surface area contributed by atoms with E-state index in [1.165, 1.54) is 0 Å². The number of fused-ring (bicyclic) bond motifs is 8. The molecule has 0 saturated heterocycles. The van der Waals surface area contributed by atoms with Crippen LogP contribution in [0.15, 0.2) is 194 Å². The summed E-state index contributed by atoms with van der Waals surface area (Å²) in [5.74, 6) is 2.95. The van der Waals surface area contributed by atoms with Crippen LogP contribution in [0.4, 0.5) is 68.2 Å². The smallest absolute Gasteiger partial charge is 0.234 e. The Morgan fingerprint density at radius 3 is 0.900 bits per heavy atom. The van der Waals surface area contributed by atoms with Crippen molar-refractivity contribution in [2.45, 2.75) is 0 Å². The second-order valence-electron chi connectivity index (χ2n) is 14.1. The first-order chi connectivity index (χ1) is 29.6. The van der Waals surface area contributed by atoms with Crippen LogP contribution in [0.1, 0.15) is 0 Å². The summed E-state index contributed by atoms with van der Waals surface area (Å²) in [6, 6.07) is 66.8. The molecule has 0 amide bonds. The molecule has 0 fully saturated rings. The molecule has 2 radical (unpaired) electrons. The lowest BCUT2D eigenvalue weighted by Gasteiger charge is -2.29. The van der Waals surface area contributed by atoms with Crippen LogP contribution in [0.2, 0.25) is 0 Å². The Morgan fingerprint density at radius 1 is 0.300 bits per heavy atom. The molecule has 8 bridgehead atoms. The number of rotatable bonds is 8. The van der Waals surface area contributed by atoms with Gasteiger partial charge in [-0.05, 0) is 60.7 Å². The molecule has 60 heavy (non-hydrogen) atoms. The first-order valence-corrected chi connectivity index (χ1v) is 19.7. The number of anilines is 12. The molecule has 8 heteroatoms. The van der Waals surface area contributed by atoms with Crippen molar-refractivity contribution in [3.8, 4) is 23.0 Å². The van der Waals surface area contributed by atoms with E-state index >= 15 is 0 Å². The lowest BCUT2D eigenvalue weighted by molar-refractivity contribution is 0.413. The minimum atomic E-state index is 0.739. The lowest BCUT2D eigenvalue weighted by Crippen LogP contribution is -2.18. The topological polar surface area (TPSA) is 55.2 Å². The fraction of sp³-hybridized carbons (Fsp3) is 0.0769. The molecule has 8 aromatic carbocycles. The van der Waals surface area contributed by atoms with Gasteiger partial charge in [0.2, 0.25) is 11.4 Å². The molecule has 1 aliphatic rings. The van der Waals surface area contributed by atoms with Crippen molar-refractivity contribution < 1.29 is 18.9 Å². The SMILES string of the molecule is COc1ccccc1N1c2cccc(c2)[N+](c2ccccc2OC)c2cccc(c2)N(c2ccccc2OC)c2cccc(c2)[N+](c2ccccc2OC)c2cccc1c2.